The normalized spacial score (nSPS) is 11.2. The molecule has 124 valence electrons. The summed E-state index contributed by atoms with van der Waals surface area (Å²) in [5, 5.41) is 0. The number of methoxy groups -OCH3 is 2. The Morgan fingerprint density at radius 3 is 2.48 bits per heavy atom. The first-order chi connectivity index (χ1) is 10.9. The zero-order chi connectivity index (χ0) is 17.0. The number of ether oxygens (including phenoxy) is 2. The predicted octanol–water partition coefficient (Wildman–Crippen LogP) is 3.67. The van der Waals surface area contributed by atoms with Gasteiger partial charge in [-0.2, -0.15) is 18.2 Å². The van der Waals surface area contributed by atoms with Gasteiger partial charge >= 0.3 is 6.18 Å². The molecule has 5 nitrogen and oxygen atoms in total. The molecule has 1 heterocycles. The number of anilines is 2. The summed E-state index contributed by atoms with van der Waals surface area (Å²) in [6, 6.07) is 7.08. The van der Waals surface area contributed by atoms with E-state index >= 15 is 0 Å². The van der Waals surface area contributed by atoms with Crippen LogP contribution >= 0.6 is 0 Å². The highest BCUT2D eigenvalue weighted by Gasteiger charge is 2.36. The van der Waals surface area contributed by atoms with Crippen molar-refractivity contribution in [2.75, 3.05) is 25.7 Å². The van der Waals surface area contributed by atoms with Crippen molar-refractivity contribution in [3.05, 3.63) is 36.0 Å². The second kappa shape index (κ2) is 6.72. The second-order valence-corrected chi connectivity index (χ2v) is 4.54. The number of nitrogens with zero attached hydrogens (tertiary/aromatic N) is 3. The first-order valence-electron chi connectivity index (χ1n) is 6.80. The van der Waals surface area contributed by atoms with E-state index in [-0.39, 0.29) is 5.95 Å². The fourth-order valence-corrected chi connectivity index (χ4v) is 2.06. The molecule has 0 unspecified atom stereocenters. The molecule has 0 aliphatic carbocycles. The van der Waals surface area contributed by atoms with Crippen LogP contribution in [0.2, 0.25) is 0 Å². The van der Waals surface area contributed by atoms with Gasteiger partial charge in [-0.25, -0.2) is 4.98 Å². The fraction of sp³-hybridized carbons (Fsp3) is 0.333. The second-order valence-electron chi connectivity index (χ2n) is 4.54. The lowest BCUT2D eigenvalue weighted by molar-refractivity contribution is -0.139. The van der Waals surface area contributed by atoms with Crippen LogP contribution in [0, 0.1) is 0 Å². The van der Waals surface area contributed by atoms with Crippen LogP contribution in [0.1, 0.15) is 12.5 Å². The molecule has 23 heavy (non-hydrogen) atoms. The SMILES string of the molecule is CCN(c1cccc(OC)c1)c1ncc(C(F)(F)F)c(OC)n1. The Balaban J connectivity index is 2.45. The van der Waals surface area contributed by atoms with Crippen molar-refractivity contribution in [3.8, 4) is 11.6 Å². The van der Waals surface area contributed by atoms with E-state index in [2.05, 4.69) is 9.97 Å². The van der Waals surface area contributed by atoms with Gasteiger partial charge in [-0.15, -0.1) is 0 Å². The molecule has 0 N–H and O–H groups in total. The highest BCUT2D eigenvalue weighted by Crippen LogP contribution is 2.36. The van der Waals surface area contributed by atoms with Crippen LogP contribution in [-0.2, 0) is 6.18 Å². The summed E-state index contributed by atoms with van der Waals surface area (Å²) in [6.07, 6.45) is -3.85. The van der Waals surface area contributed by atoms with E-state index in [0.29, 0.717) is 18.0 Å². The summed E-state index contributed by atoms with van der Waals surface area (Å²) >= 11 is 0. The minimum atomic E-state index is -4.57. The number of hydrogen-bond acceptors (Lipinski definition) is 5. The van der Waals surface area contributed by atoms with Gasteiger partial charge in [-0.1, -0.05) is 6.07 Å². The Morgan fingerprint density at radius 2 is 1.91 bits per heavy atom. The first kappa shape index (κ1) is 16.9. The molecule has 0 atom stereocenters. The van der Waals surface area contributed by atoms with Crippen molar-refractivity contribution in [1.82, 2.24) is 9.97 Å². The third kappa shape index (κ3) is 3.64. The van der Waals surface area contributed by atoms with Crippen molar-refractivity contribution in [2.24, 2.45) is 0 Å². The minimum Gasteiger partial charge on any atom is -0.497 e. The van der Waals surface area contributed by atoms with Gasteiger partial charge < -0.3 is 14.4 Å². The predicted molar refractivity (Wildman–Crippen MR) is 79.3 cm³/mol. The van der Waals surface area contributed by atoms with Gasteiger partial charge in [0.1, 0.15) is 11.3 Å². The number of benzene rings is 1. The van der Waals surface area contributed by atoms with Crippen molar-refractivity contribution in [1.29, 1.82) is 0 Å². The smallest absolute Gasteiger partial charge is 0.423 e. The van der Waals surface area contributed by atoms with Crippen LogP contribution in [0.15, 0.2) is 30.5 Å². The molecule has 0 bridgehead atoms. The molecule has 1 aromatic heterocycles. The van der Waals surface area contributed by atoms with E-state index in [4.69, 9.17) is 9.47 Å². The molecular formula is C15H16F3N3O2. The number of hydrogen-bond donors (Lipinski definition) is 0. The first-order valence-corrected chi connectivity index (χ1v) is 6.80. The third-order valence-corrected chi connectivity index (χ3v) is 3.16. The van der Waals surface area contributed by atoms with Crippen molar-refractivity contribution >= 4 is 11.6 Å². The Labute approximate surface area is 131 Å². The van der Waals surface area contributed by atoms with Crippen LogP contribution in [0.5, 0.6) is 11.6 Å². The zero-order valence-corrected chi connectivity index (χ0v) is 12.9. The average molecular weight is 327 g/mol. The highest BCUT2D eigenvalue weighted by molar-refractivity contribution is 5.59. The monoisotopic (exact) mass is 327 g/mol. The van der Waals surface area contributed by atoms with Crippen molar-refractivity contribution < 1.29 is 22.6 Å². The van der Waals surface area contributed by atoms with Gasteiger partial charge in [0.2, 0.25) is 11.8 Å². The van der Waals surface area contributed by atoms with E-state index < -0.39 is 17.6 Å². The topological polar surface area (TPSA) is 47.5 Å². The highest BCUT2D eigenvalue weighted by atomic mass is 19.4. The molecule has 1 aromatic carbocycles. The van der Waals surface area contributed by atoms with Crippen LogP contribution in [0.4, 0.5) is 24.8 Å². The number of rotatable bonds is 5. The lowest BCUT2D eigenvalue weighted by atomic mass is 10.2. The van der Waals surface area contributed by atoms with E-state index in [9.17, 15) is 13.2 Å². The molecule has 2 aromatic rings. The van der Waals surface area contributed by atoms with Crippen LogP contribution in [0.25, 0.3) is 0 Å². The molecule has 0 fully saturated rings. The Bertz CT molecular complexity index is 677. The minimum absolute atomic E-state index is 0.116. The Morgan fingerprint density at radius 1 is 1.17 bits per heavy atom. The van der Waals surface area contributed by atoms with Crippen LogP contribution in [0.3, 0.4) is 0 Å². The van der Waals surface area contributed by atoms with Crippen molar-refractivity contribution in [2.45, 2.75) is 13.1 Å². The zero-order valence-electron chi connectivity index (χ0n) is 12.9. The Kier molecular flexibility index (Phi) is 4.92. The summed E-state index contributed by atoms with van der Waals surface area (Å²) in [5.74, 6) is 0.231. The fourth-order valence-electron chi connectivity index (χ4n) is 2.06. The molecule has 0 aliphatic heterocycles. The quantitative estimate of drug-likeness (QED) is 0.838. The standard InChI is InChI=1S/C15H16F3N3O2/c1-4-21(10-6-5-7-11(8-10)22-2)14-19-9-12(15(16,17)18)13(20-14)23-3/h5-9H,4H2,1-3H3. The molecule has 2 rings (SSSR count). The molecule has 0 amide bonds. The summed E-state index contributed by atoms with van der Waals surface area (Å²) in [4.78, 5) is 9.38. The van der Waals surface area contributed by atoms with E-state index in [1.54, 1.807) is 29.2 Å². The summed E-state index contributed by atoms with van der Waals surface area (Å²) in [5.41, 5.74) is -0.306. The van der Waals surface area contributed by atoms with Gasteiger partial charge in [0.05, 0.1) is 14.2 Å². The van der Waals surface area contributed by atoms with Gasteiger partial charge in [-0.05, 0) is 19.1 Å². The van der Waals surface area contributed by atoms with E-state index in [1.807, 2.05) is 6.92 Å². The number of halogens is 3. The van der Waals surface area contributed by atoms with Gasteiger partial charge in [0.25, 0.3) is 0 Å². The Hall–Kier alpha value is -2.51. The molecule has 0 radical (unpaired) electrons. The summed E-state index contributed by atoms with van der Waals surface area (Å²) in [6.45, 7) is 2.30. The van der Waals surface area contributed by atoms with E-state index in [1.165, 1.54) is 7.11 Å². The largest absolute Gasteiger partial charge is 0.497 e. The lowest BCUT2D eigenvalue weighted by Gasteiger charge is -2.22. The van der Waals surface area contributed by atoms with Crippen LogP contribution < -0.4 is 14.4 Å². The molecule has 8 heteroatoms. The molecule has 0 saturated carbocycles. The number of aromatic nitrogens is 2. The van der Waals surface area contributed by atoms with E-state index in [0.717, 1.165) is 13.3 Å². The maximum absolute atomic E-state index is 12.9. The van der Waals surface area contributed by atoms with Gasteiger partial charge in [0.15, 0.2) is 0 Å². The lowest BCUT2D eigenvalue weighted by Crippen LogP contribution is -2.20. The molecule has 0 saturated heterocycles. The van der Waals surface area contributed by atoms with Crippen molar-refractivity contribution in [3.63, 3.8) is 0 Å². The third-order valence-electron chi connectivity index (χ3n) is 3.16. The summed E-state index contributed by atoms with van der Waals surface area (Å²) in [7, 11) is 2.68. The molecular weight excluding hydrogens is 311 g/mol. The average Bonchev–Trinajstić information content (AvgIpc) is 2.54. The maximum Gasteiger partial charge on any atom is 0.423 e. The summed E-state index contributed by atoms with van der Waals surface area (Å²) < 4.78 is 48.6. The molecule has 0 aliphatic rings. The van der Waals surface area contributed by atoms with Gasteiger partial charge in [-0.3, -0.25) is 0 Å². The maximum atomic E-state index is 12.9. The van der Waals surface area contributed by atoms with Gasteiger partial charge in [0, 0.05) is 24.5 Å². The van der Waals surface area contributed by atoms with Crippen LogP contribution in [-0.4, -0.2) is 30.7 Å². The molecule has 0 spiro atoms. The number of alkyl halides is 3.